The minimum Gasteiger partial charge on any atom is -0.322 e. The van der Waals surface area contributed by atoms with E-state index in [4.69, 9.17) is 0 Å². The Balaban J connectivity index is 1.32. The Labute approximate surface area is 193 Å². The molecule has 0 unspecified atom stereocenters. The fourth-order valence-electron chi connectivity index (χ4n) is 3.42. The van der Waals surface area contributed by atoms with Gasteiger partial charge in [-0.25, -0.2) is 14.1 Å². The number of halogens is 1. The maximum Gasteiger partial charge on any atom is 0.275 e. The Morgan fingerprint density at radius 3 is 2.26 bits per heavy atom. The molecule has 5 rings (SSSR count). The molecule has 3 aromatic carbocycles. The summed E-state index contributed by atoms with van der Waals surface area (Å²) in [6, 6.07) is 18.0. The Morgan fingerprint density at radius 2 is 1.53 bits per heavy atom. The average molecular weight is 452 g/mol. The van der Waals surface area contributed by atoms with Crippen molar-refractivity contribution in [3.63, 3.8) is 0 Å². The van der Waals surface area contributed by atoms with Gasteiger partial charge in [0.1, 0.15) is 11.5 Å². The van der Waals surface area contributed by atoms with Crippen LogP contribution in [0, 0.1) is 5.82 Å². The van der Waals surface area contributed by atoms with Crippen LogP contribution >= 0.6 is 0 Å². The van der Waals surface area contributed by atoms with Gasteiger partial charge in [-0.2, -0.15) is 5.10 Å². The van der Waals surface area contributed by atoms with Crippen LogP contribution in [0.5, 0.6) is 0 Å². The van der Waals surface area contributed by atoms with Gasteiger partial charge in [0.15, 0.2) is 0 Å². The Hall–Kier alpha value is -4.92. The van der Waals surface area contributed by atoms with Gasteiger partial charge in [0, 0.05) is 34.7 Å². The lowest BCUT2D eigenvalue weighted by Gasteiger charge is -2.08. The molecule has 9 heteroatoms. The third kappa shape index (κ3) is 4.35. The summed E-state index contributed by atoms with van der Waals surface area (Å²) in [7, 11) is 0. The number of carbonyl (C=O) groups excluding carboxylic acids is 2. The quantitative estimate of drug-likeness (QED) is 0.410. The molecular formula is C25H17FN6O2. The maximum atomic E-state index is 13.1. The van der Waals surface area contributed by atoms with Gasteiger partial charge in [-0.3, -0.25) is 14.6 Å². The van der Waals surface area contributed by atoms with E-state index < -0.39 is 5.82 Å². The topological polar surface area (TPSA) is 102 Å². The average Bonchev–Trinajstić information content (AvgIpc) is 3.28. The van der Waals surface area contributed by atoms with Crippen molar-refractivity contribution in [2.24, 2.45) is 0 Å². The third-order valence-corrected chi connectivity index (χ3v) is 5.10. The first-order chi connectivity index (χ1) is 16.6. The van der Waals surface area contributed by atoms with Crippen LogP contribution in [0.2, 0.25) is 0 Å². The highest BCUT2D eigenvalue weighted by atomic mass is 19.1. The third-order valence-electron chi connectivity index (χ3n) is 5.10. The van der Waals surface area contributed by atoms with Gasteiger partial charge in [0.25, 0.3) is 11.8 Å². The second kappa shape index (κ2) is 8.91. The van der Waals surface area contributed by atoms with Crippen LogP contribution in [-0.4, -0.2) is 31.6 Å². The SMILES string of the molecule is O=C(Nc1ccc2c(cnn2-c2ccc(NC(=O)c3cnccn3)cc2)c1)c1ccc(F)cc1. The normalized spacial score (nSPS) is 10.7. The number of rotatable bonds is 5. The molecule has 0 aliphatic carbocycles. The number of carbonyl (C=O) groups is 2. The summed E-state index contributed by atoms with van der Waals surface area (Å²) in [5.41, 5.74) is 3.45. The summed E-state index contributed by atoms with van der Waals surface area (Å²) >= 11 is 0. The highest BCUT2D eigenvalue weighted by Gasteiger charge is 2.11. The van der Waals surface area contributed by atoms with E-state index in [0.29, 0.717) is 16.9 Å². The second-order valence-corrected chi connectivity index (χ2v) is 7.38. The van der Waals surface area contributed by atoms with Gasteiger partial charge in [-0.05, 0) is 66.7 Å². The lowest BCUT2D eigenvalue weighted by atomic mass is 10.2. The van der Waals surface area contributed by atoms with Crippen LogP contribution in [0.4, 0.5) is 15.8 Å². The smallest absolute Gasteiger partial charge is 0.275 e. The first-order valence-corrected chi connectivity index (χ1v) is 10.3. The van der Waals surface area contributed by atoms with Crippen molar-refractivity contribution < 1.29 is 14.0 Å². The first-order valence-electron chi connectivity index (χ1n) is 10.3. The van der Waals surface area contributed by atoms with Crippen molar-refractivity contribution in [3.05, 3.63) is 109 Å². The van der Waals surface area contributed by atoms with Crippen molar-refractivity contribution >= 4 is 34.1 Å². The Morgan fingerprint density at radius 1 is 0.794 bits per heavy atom. The highest BCUT2D eigenvalue weighted by Crippen LogP contribution is 2.23. The zero-order valence-electron chi connectivity index (χ0n) is 17.6. The molecule has 8 nitrogen and oxygen atoms in total. The van der Waals surface area contributed by atoms with Gasteiger partial charge >= 0.3 is 0 Å². The van der Waals surface area contributed by atoms with E-state index in [1.54, 1.807) is 29.1 Å². The number of amides is 2. The summed E-state index contributed by atoms with van der Waals surface area (Å²) in [6.07, 6.45) is 6.06. The van der Waals surface area contributed by atoms with Crippen LogP contribution in [0.25, 0.3) is 16.6 Å². The molecule has 0 aliphatic heterocycles. The molecule has 0 atom stereocenters. The molecule has 34 heavy (non-hydrogen) atoms. The lowest BCUT2D eigenvalue weighted by molar-refractivity contribution is 0.101. The summed E-state index contributed by atoms with van der Waals surface area (Å²) in [5.74, 6) is -1.07. The van der Waals surface area contributed by atoms with E-state index >= 15 is 0 Å². The lowest BCUT2D eigenvalue weighted by Crippen LogP contribution is -2.13. The molecule has 2 amide bonds. The van der Waals surface area contributed by atoms with Gasteiger partial charge in [0.05, 0.1) is 23.6 Å². The molecule has 0 saturated heterocycles. The van der Waals surface area contributed by atoms with Crippen molar-refractivity contribution in [1.82, 2.24) is 19.7 Å². The van der Waals surface area contributed by atoms with Crippen LogP contribution in [0.1, 0.15) is 20.8 Å². The van der Waals surface area contributed by atoms with E-state index in [2.05, 4.69) is 25.7 Å². The molecule has 2 N–H and O–H groups in total. The molecule has 166 valence electrons. The van der Waals surface area contributed by atoms with Gasteiger partial charge in [-0.1, -0.05) is 0 Å². The van der Waals surface area contributed by atoms with E-state index in [0.717, 1.165) is 16.6 Å². The number of anilines is 2. The van der Waals surface area contributed by atoms with E-state index in [-0.39, 0.29) is 17.5 Å². The predicted octanol–water partition coefficient (Wildman–Crippen LogP) is 4.46. The van der Waals surface area contributed by atoms with E-state index in [9.17, 15) is 14.0 Å². The van der Waals surface area contributed by atoms with Crippen LogP contribution in [0.3, 0.4) is 0 Å². The molecular weight excluding hydrogens is 435 g/mol. The van der Waals surface area contributed by atoms with Crippen molar-refractivity contribution in [2.45, 2.75) is 0 Å². The molecule has 0 fully saturated rings. The zero-order chi connectivity index (χ0) is 23.5. The molecule has 0 aliphatic rings. The fraction of sp³-hybridized carbons (Fsp3) is 0. The monoisotopic (exact) mass is 452 g/mol. The molecule has 0 radical (unpaired) electrons. The van der Waals surface area contributed by atoms with Gasteiger partial charge in [0.2, 0.25) is 0 Å². The standard InChI is InChI=1S/C25H17FN6O2/c26-18-3-1-16(2-4-18)24(33)31-20-7-10-23-17(13-20)14-29-32(23)21-8-5-19(6-9-21)30-25(34)22-15-27-11-12-28-22/h1-15H,(H,30,34)(H,31,33). The van der Waals surface area contributed by atoms with Crippen LogP contribution in [-0.2, 0) is 0 Å². The molecule has 0 bridgehead atoms. The summed E-state index contributed by atoms with van der Waals surface area (Å²) < 4.78 is 14.8. The van der Waals surface area contributed by atoms with Crippen molar-refractivity contribution in [3.8, 4) is 5.69 Å². The summed E-state index contributed by atoms with van der Waals surface area (Å²) in [4.78, 5) is 32.5. The highest BCUT2D eigenvalue weighted by molar-refractivity contribution is 6.05. The Bertz CT molecular complexity index is 1480. The Kier molecular flexibility index (Phi) is 5.49. The minimum atomic E-state index is -0.397. The molecule has 0 saturated carbocycles. The molecule has 5 aromatic rings. The predicted molar refractivity (Wildman–Crippen MR) is 125 cm³/mol. The minimum absolute atomic E-state index is 0.229. The number of aromatic nitrogens is 4. The molecule has 2 aromatic heterocycles. The number of nitrogens with zero attached hydrogens (tertiary/aromatic N) is 4. The van der Waals surface area contributed by atoms with Crippen LogP contribution in [0.15, 0.2) is 91.5 Å². The number of fused-ring (bicyclic) bond motifs is 1. The number of benzene rings is 3. The van der Waals surface area contributed by atoms with Crippen molar-refractivity contribution in [2.75, 3.05) is 10.6 Å². The first kappa shape index (κ1) is 21.0. The van der Waals surface area contributed by atoms with Crippen molar-refractivity contribution in [1.29, 1.82) is 0 Å². The molecule has 2 heterocycles. The van der Waals surface area contributed by atoms with E-state index in [1.165, 1.54) is 42.9 Å². The summed E-state index contributed by atoms with van der Waals surface area (Å²) in [6.45, 7) is 0. The number of hydrogen-bond donors (Lipinski definition) is 2. The summed E-state index contributed by atoms with van der Waals surface area (Å²) in [5, 5.41) is 10.9. The van der Waals surface area contributed by atoms with Gasteiger partial charge in [-0.15, -0.1) is 0 Å². The molecule has 0 spiro atoms. The second-order valence-electron chi connectivity index (χ2n) is 7.38. The number of nitrogens with one attached hydrogen (secondary N) is 2. The van der Waals surface area contributed by atoms with E-state index in [1.807, 2.05) is 24.3 Å². The number of hydrogen-bond acceptors (Lipinski definition) is 5. The van der Waals surface area contributed by atoms with Gasteiger partial charge < -0.3 is 10.6 Å². The zero-order valence-corrected chi connectivity index (χ0v) is 17.6. The maximum absolute atomic E-state index is 13.1. The van der Waals surface area contributed by atoms with Crippen LogP contribution < -0.4 is 10.6 Å². The largest absolute Gasteiger partial charge is 0.322 e. The fourth-order valence-corrected chi connectivity index (χ4v) is 3.42.